The first-order valence-electron chi connectivity index (χ1n) is 4.17. The number of aromatic amines is 1. The molecule has 0 aromatic carbocycles. The van der Waals surface area contributed by atoms with Gasteiger partial charge in [0.15, 0.2) is 0 Å². The van der Waals surface area contributed by atoms with Crippen molar-refractivity contribution in [1.82, 2.24) is 15.2 Å². The van der Waals surface area contributed by atoms with Gasteiger partial charge in [-0.15, -0.1) is 0 Å². The molecule has 14 heavy (non-hydrogen) atoms. The first kappa shape index (κ1) is 9.21. The van der Waals surface area contributed by atoms with E-state index in [0.29, 0.717) is 0 Å². The average molecular weight is 253 g/mol. The minimum Gasteiger partial charge on any atom is -0.378 e. The largest absolute Gasteiger partial charge is 0.378 e. The Balaban J connectivity index is 1.98. The summed E-state index contributed by atoms with van der Waals surface area (Å²) in [7, 11) is 0. The van der Waals surface area contributed by atoms with E-state index in [1.54, 1.807) is 12.4 Å². The average Bonchev–Trinajstić information content (AvgIpc) is 2.67. The Hall–Kier alpha value is -1.36. The lowest BCUT2D eigenvalue weighted by molar-refractivity contribution is 1.09. The third kappa shape index (κ3) is 2.32. The quantitative estimate of drug-likeness (QED) is 0.881. The van der Waals surface area contributed by atoms with Gasteiger partial charge in [0.2, 0.25) is 0 Å². The minimum atomic E-state index is 0.742. The van der Waals surface area contributed by atoms with Crippen LogP contribution in [0.1, 0.15) is 5.56 Å². The summed E-state index contributed by atoms with van der Waals surface area (Å²) in [4.78, 5) is 4.07. The van der Waals surface area contributed by atoms with Crippen molar-refractivity contribution < 1.29 is 0 Å². The second kappa shape index (κ2) is 4.23. The number of H-pyrrole nitrogens is 1. The van der Waals surface area contributed by atoms with Crippen molar-refractivity contribution >= 4 is 21.6 Å². The van der Waals surface area contributed by atoms with E-state index in [1.165, 1.54) is 0 Å². The number of aromatic nitrogens is 3. The van der Waals surface area contributed by atoms with Gasteiger partial charge in [0.25, 0.3) is 0 Å². The molecule has 0 saturated carbocycles. The molecule has 0 atom stereocenters. The summed E-state index contributed by atoms with van der Waals surface area (Å²) >= 11 is 3.37. The fourth-order valence-corrected chi connectivity index (χ4v) is 1.52. The highest BCUT2D eigenvalue weighted by atomic mass is 79.9. The fraction of sp³-hybridized carbons (Fsp3) is 0.111. The van der Waals surface area contributed by atoms with Crippen LogP contribution in [-0.4, -0.2) is 15.2 Å². The molecule has 0 amide bonds. The summed E-state index contributed by atoms with van der Waals surface area (Å²) in [6.45, 7) is 0.742. The summed E-state index contributed by atoms with van der Waals surface area (Å²) in [5, 5.41) is 9.79. The van der Waals surface area contributed by atoms with E-state index < -0.39 is 0 Å². The molecule has 2 aromatic rings. The number of nitrogens with zero attached hydrogens (tertiary/aromatic N) is 2. The number of hydrogen-bond donors (Lipinski definition) is 2. The summed E-state index contributed by atoms with van der Waals surface area (Å²) in [6, 6.07) is 2.03. The van der Waals surface area contributed by atoms with Gasteiger partial charge in [-0.05, 0) is 27.6 Å². The molecule has 2 aromatic heterocycles. The molecule has 0 saturated heterocycles. The van der Waals surface area contributed by atoms with E-state index in [9.17, 15) is 0 Å². The highest BCUT2D eigenvalue weighted by Gasteiger charge is 1.95. The maximum atomic E-state index is 4.07. The van der Waals surface area contributed by atoms with Crippen LogP contribution in [0.25, 0.3) is 0 Å². The van der Waals surface area contributed by atoms with Crippen LogP contribution < -0.4 is 5.32 Å². The first-order chi connectivity index (χ1) is 6.84. The lowest BCUT2D eigenvalue weighted by atomic mass is 10.3. The number of rotatable bonds is 3. The van der Waals surface area contributed by atoms with Gasteiger partial charge in [0.1, 0.15) is 0 Å². The van der Waals surface area contributed by atoms with Gasteiger partial charge in [-0.2, -0.15) is 5.10 Å². The maximum Gasteiger partial charge on any atom is 0.0726 e. The molecule has 0 spiro atoms. The lowest BCUT2D eigenvalue weighted by Gasteiger charge is -2.02. The Labute approximate surface area is 89.9 Å². The molecule has 0 bridgehead atoms. The number of hydrogen-bond acceptors (Lipinski definition) is 3. The van der Waals surface area contributed by atoms with Gasteiger partial charge < -0.3 is 5.32 Å². The molecular weight excluding hydrogens is 244 g/mol. The van der Waals surface area contributed by atoms with E-state index >= 15 is 0 Å². The van der Waals surface area contributed by atoms with Crippen molar-refractivity contribution in [2.24, 2.45) is 0 Å². The predicted molar refractivity (Wildman–Crippen MR) is 57.9 cm³/mol. The molecule has 2 N–H and O–H groups in total. The maximum absolute atomic E-state index is 4.07. The molecular formula is C9H9BrN4. The summed E-state index contributed by atoms with van der Waals surface area (Å²) < 4.78 is 0.990. The van der Waals surface area contributed by atoms with Gasteiger partial charge in [-0.3, -0.25) is 10.1 Å². The molecule has 0 fully saturated rings. The number of anilines is 1. The minimum absolute atomic E-state index is 0.742. The molecule has 0 unspecified atom stereocenters. The van der Waals surface area contributed by atoms with E-state index in [4.69, 9.17) is 0 Å². The van der Waals surface area contributed by atoms with Crippen molar-refractivity contribution in [3.05, 3.63) is 40.9 Å². The number of halogens is 1. The Bertz CT molecular complexity index is 399. The first-order valence-corrected chi connectivity index (χ1v) is 4.96. The van der Waals surface area contributed by atoms with E-state index in [-0.39, 0.29) is 0 Å². The molecule has 0 aliphatic rings. The molecule has 4 nitrogen and oxygen atoms in total. The van der Waals surface area contributed by atoms with Crippen LogP contribution in [0.3, 0.4) is 0 Å². The predicted octanol–water partition coefficient (Wildman–Crippen LogP) is 2.18. The Kier molecular flexibility index (Phi) is 2.78. The normalized spacial score (nSPS) is 10.1. The topological polar surface area (TPSA) is 53.6 Å². The monoisotopic (exact) mass is 252 g/mol. The summed E-state index contributed by atoms with van der Waals surface area (Å²) in [5.74, 6) is 0. The van der Waals surface area contributed by atoms with Gasteiger partial charge in [-0.1, -0.05) is 0 Å². The third-order valence-electron chi connectivity index (χ3n) is 1.76. The van der Waals surface area contributed by atoms with Crippen molar-refractivity contribution in [1.29, 1.82) is 0 Å². The molecule has 2 rings (SSSR count). The molecule has 72 valence electrons. The molecule has 0 aliphatic carbocycles. The second-order valence-electron chi connectivity index (χ2n) is 2.85. The van der Waals surface area contributed by atoms with E-state index in [2.05, 4.69) is 36.4 Å². The Morgan fingerprint density at radius 3 is 3.00 bits per heavy atom. The van der Waals surface area contributed by atoms with Crippen LogP contribution in [0.15, 0.2) is 35.3 Å². The van der Waals surface area contributed by atoms with Gasteiger partial charge in [0.05, 0.1) is 11.9 Å². The van der Waals surface area contributed by atoms with Crippen LogP contribution in [0.2, 0.25) is 0 Å². The zero-order valence-corrected chi connectivity index (χ0v) is 8.95. The van der Waals surface area contributed by atoms with Crippen LogP contribution >= 0.6 is 15.9 Å². The SMILES string of the molecule is Brc1cncc(CNc2cn[nH]c2)c1. The van der Waals surface area contributed by atoms with Crippen LogP contribution in [0, 0.1) is 0 Å². The summed E-state index contributed by atoms with van der Waals surface area (Å²) in [5.41, 5.74) is 2.10. The standard InChI is InChI=1S/C9H9BrN4/c10-8-1-7(2-11-4-8)3-12-9-5-13-14-6-9/h1-2,4-6,12H,3H2,(H,13,14). The summed E-state index contributed by atoms with van der Waals surface area (Å²) in [6.07, 6.45) is 7.15. The fourth-order valence-electron chi connectivity index (χ4n) is 1.10. The van der Waals surface area contributed by atoms with Gasteiger partial charge in [-0.25, -0.2) is 0 Å². The number of nitrogens with one attached hydrogen (secondary N) is 2. The van der Waals surface area contributed by atoms with Crippen LogP contribution in [-0.2, 0) is 6.54 Å². The molecule has 0 aliphatic heterocycles. The lowest BCUT2D eigenvalue weighted by Crippen LogP contribution is -1.98. The van der Waals surface area contributed by atoms with Crippen molar-refractivity contribution in [3.63, 3.8) is 0 Å². The zero-order valence-electron chi connectivity index (χ0n) is 7.37. The van der Waals surface area contributed by atoms with Crippen LogP contribution in [0.4, 0.5) is 5.69 Å². The molecule has 5 heteroatoms. The number of pyridine rings is 1. The molecule has 2 heterocycles. The second-order valence-corrected chi connectivity index (χ2v) is 3.77. The van der Waals surface area contributed by atoms with E-state index in [0.717, 1.165) is 22.3 Å². The smallest absolute Gasteiger partial charge is 0.0726 e. The van der Waals surface area contributed by atoms with Crippen molar-refractivity contribution in [2.75, 3.05) is 5.32 Å². The van der Waals surface area contributed by atoms with Gasteiger partial charge in [0, 0.05) is 29.6 Å². The zero-order chi connectivity index (χ0) is 9.80. The van der Waals surface area contributed by atoms with E-state index in [1.807, 2.05) is 18.5 Å². The van der Waals surface area contributed by atoms with Gasteiger partial charge >= 0.3 is 0 Å². The highest BCUT2D eigenvalue weighted by molar-refractivity contribution is 9.10. The Morgan fingerprint density at radius 2 is 2.29 bits per heavy atom. The molecule has 0 radical (unpaired) electrons. The van der Waals surface area contributed by atoms with Crippen molar-refractivity contribution in [2.45, 2.75) is 6.54 Å². The van der Waals surface area contributed by atoms with Crippen molar-refractivity contribution in [3.8, 4) is 0 Å². The highest BCUT2D eigenvalue weighted by Crippen LogP contribution is 2.11. The van der Waals surface area contributed by atoms with Crippen LogP contribution in [0.5, 0.6) is 0 Å². The third-order valence-corrected chi connectivity index (χ3v) is 2.19. The Morgan fingerprint density at radius 1 is 1.36 bits per heavy atom.